The summed E-state index contributed by atoms with van der Waals surface area (Å²) in [7, 11) is 0. The van der Waals surface area contributed by atoms with E-state index in [1.54, 1.807) is 12.1 Å². The molecule has 2 saturated carbocycles. The summed E-state index contributed by atoms with van der Waals surface area (Å²) >= 11 is 0. The molecule has 35 heavy (non-hydrogen) atoms. The van der Waals surface area contributed by atoms with Crippen LogP contribution in [0.25, 0.3) is 0 Å². The number of rotatable bonds is 4. The molecule has 2 aliphatic heterocycles. The number of carbonyl (C=O) groups is 1. The van der Waals surface area contributed by atoms with Crippen molar-refractivity contribution in [2.24, 2.45) is 5.92 Å². The number of hydrogen-bond donors (Lipinski definition) is 3. The maximum atomic E-state index is 13.2. The van der Waals surface area contributed by atoms with Gasteiger partial charge >= 0.3 is 0 Å². The Morgan fingerprint density at radius 2 is 2.14 bits per heavy atom. The number of aromatic nitrogens is 1. The summed E-state index contributed by atoms with van der Waals surface area (Å²) in [6.45, 7) is 1.88. The lowest BCUT2D eigenvalue weighted by Crippen LogP contribution is -2.78. The second-order valence-electron chi connectivity index (χ2n) is 10.9. The van der Waals surface area contributed by atoms with Crippen molar-refractivity contribution in [3.8, 4) is 17.6 Å². The van der Waals surface area contributed by atoms with Gasteiger partial charge in [-0.1, -0.05) is 6.07 Å². The number of aromatic hydroxyl groups is 1. The number of nitrogens with one attached hydrogen (secondary N) is 1. The Kier molecular flexibility index (Phi) is 4.34. The fraction of sp³-hybridized carbons (Fsp3) is 0.519. The Labute approximate surface area is 203 Å². The molecule has 3 heterocycles. The van der Waals surface area contributed by atoms with Gasteiger partial charge in [0.25, 0.3) is 5.91 Å². The van der Waals surface area contributed by atoms with E-state index in [4.69, 9.17) is 4.74 Å². The van der Waals surface area contributed by atoms with Crippen molar-refractivity contribution in [2.45, 2.75) is 67.7 Å². The number of amides is 1. The summed E-state index contributed by atoms with van der Waals surface area (Å²) in [6.07, 6.45) is 7.48. The van der Waals surface area contributed by atoms with Crippen LogP contribution in [-0.4, -0.2) is 62.9 Å². The van der Waals surface area contributed by atoms with Crippen molar-refractivity contribution >= 4 is 5.91 Å². The van der Waals surface area contributed by atoms with Crippen molar-refractivity contribution in [3.05, 3.63) is 52.8 Å². The van der Waals surface area contributed by atoms with Crippen molar-refractivity contribution in [1.29, 1.82) is 5.26 Å². The van der Waals surface area contributed by atoms with Gasteiger partial charge in [0, 0.05) is 30.5 Å². The van der Waals surface area contributed by atoms with Crippen LogP contribution in [0.5, 0.6) is 11.5 Å². The fourth-order valence-corrected chi connectivity index (χ4v) is 7.56. The van der Waals surface area contributed by atoms with Gasteiger partial charge in [0.2, 0.25) is 0 Å². The molecule has 180 valence electrons. The predicted octanol–water partition coefficient (Wildman–Crippen LogP) is 2.02. The molecule has 1 aromatic carbocycles. The van der Waals surface area contributed by atoms with Crippen molar-refractivity contribution in [3.63, 3.8) is 0 Å². The van der Waals surface area contributed by atoms with Gasteiger partial charge in [0.05, 0.1) is 28.2 Å². The number of likely N-dealkylation sites (tertiary alicyclic amines) is 1. The highest BCUT2D eigenvalue weighted by molar-refractivity contribution is 5.96. The molecule has 2 aromatic rings. The average Bonchev–Trinajstić information content (AvgIpc) is 3.60. The summed E-state index contributed by atoms with van der Waals surface area (Å²) < 4.78 is 6.49. The van der Waals surface area contributed by atoms with E-state index in [0.29, 0.717) is 25.0 Å². The van der Waals surface area contributed by atoms with Crippen molar-refractivity contribution in [2.75, 3.05) is 13.1 Å². The number of phenolic OH excluding ortho intramolecular Hbond substituents is 1. The zero-order chi connectivity index (χ0) is 23.9. The number of nitriles is 1. The quantitative estimate of drug-likeness (QED) is 0.623. The van der Waals surface area contributed by atoms with Gasteiger partial charge < -0.3 is 20.3 Å². The number of hydrogen-bond acceptors (Lipinski definition) is 7. The SMILES string of the molecule is N#Cc1cnccc1C(=O)N[C@H]1CC[C@]2(O)[C@@H]3Cc4ccc(O)c5c4[C@]2(CCN3CC2CC2)[C@@H]1O5. The smallest absolute Gasteiger partial charge is 0.253 e. The fourth-order valence-electron chi connectivity index (χ4n) is 7.56. The van der Waals surface area contributed by atoms with Crippen LogP contribution in [0.3, 0.4) is 0 Å². The molecule has 5 atom stereocenters. The van der Waals surface area contributed by atoms with Crippen LogP contribution >= 0.6 is 0 Å². The van der Waals surface area contributed by atoms with E-state index in [0.717, 1.165) is 36.6 Å². The highest BCUT2D eigenvalue weighted by atomic mass is 16.5. The van der Waals surface area contributed by atoms with Crippen molar-refractivity contribution < 1.29 is 19.7 Å². The Balaban J connectivity index is 1.30. The Hall–Kier alpha value is -3.15. The van der Waals surface area contributed by atoms with E-state index in [1.165, 1.54) is 25.2 Å². The molecule has 7 rings (SSSR count). The van der Waals surface area contributed by atoms with E-state index in [1.807, 2.05) is 12.1 Å². The van der Waals surface area contributed by atoms with Crippen molar-refractivity contribution in [1.82, 2.24) is 15.2 Å². The molecule has 2 bridgehead atoms. The van der Waals surface area contributed by atoms with Gasteiger partial charge in [0.15, 0.2) is 11.5 Å². The van der Waals surface area contributed by atoms with Crippen LogP contribution < -0.4 is 10.1 Å². The van der Waals surface area contributed by atoms with Gasteiger partial charge in [-0.15, -0.1) is 0 Å². The Bertz CT molecular complexity index is 1290. The molecule has 8 nitrogen and oxygen atoms in total. The summed E-state index contributed by atoms with van der Waals surface area (Å²) in [5, 5.41) is 35.8. The molecule has 1 saturated heterocycles. The third-order valence-corrected chi connectivity index (χ3v) is 9.27. The normalized spacial score (nSPS) is 34.5. The molecule has 5 aliphatic rings. The zero-order valence-electron chi connectivity index (χ0n) is 19.4. The highest BCUT2D eigenvalue weighted by Gasteiger charge is 2.73. The van der Waals surface area contributed by atoms with Gasteiger partial charge in [0.1, 0.15) is 12.2 Å². The van der Waals surface area contributed by atoms with Gasteiger partial charge in [-0.3, -0.25) is 14.7 Å². The second kappa shape index (κ2) is 7.19. The molecule has 0 unspecified atom stereocenters. The highest BCUT2D eigenvalue weighted by Crippen LogP contribution is 2.65. The first-order valence-electron chi connectivity index (χ1n) is 12.6. The lowest BCUT2D eigenvalue weighted by molar-refractivity contribution is -0.191. The minimum absolute atomic E-state index is 0.00650. The van der Waals surface area contributed by atoms with Gasteiger partial charge in [-0.25, -0.2) is 0 Å². The first-order chi connectivity index (χ1) is 17.0. The number of aliphatic hydroxyl groups is 1. The molecular formula is C27H28N4O4. The molecule has 3 fully saturated rings. The summed E-state index contributed by atoms with van der Waals surface area (Å²) in [5.74, 6) is 0.922. The Morgan fingerprint density at radius 3 is 2.94 bits per heavy atom. The standard InChI is InChI=1S/C27H28N4O4/c28-12-17-13-29-9-6-18(17)25(33)30-19-5-7-27(34)21-11-16-3-4-20(32)23-22(16)26(27,24(19)35-23)8-10-31(21)14-15-1-2-15/h3-4,6,9,13,15,19,21,24,32,34H,1-2,5,7-8,10-11,14H2,(H,30,33)/t19-,21-,24+,26+,27-/m0/s1. The van der Waals surface area contributed by atoms with Crippen LogP contribution in [0.2, 0.25) is 0 Å². The van der Waals surface area contributed by atoms with E-state index in [2.05, 4.69) is 15.2 Å². The van der Waals surface area contributed by atoms with E-state index < -0.39 is 17.1 Å². The molecule has 1 aromatic heterocycles. The molecule has 0 radical (unpaired) electrons. The zero-order valence-corrected chi connectivity index (χ0v) is 19.4. The monoisotopic (exact) mass is 472 g/mol. The summed E-state index contributed by atoms with van der Waals surface area (Å²) in [6, 6.07) is 6.88. The molecule has 3 aliphatic carbocycles. The van der Waals surface area contributed by atoms with Crippen LogP contribution in [0.1, 0.15) is 59.2 Å². The number of piperidine rings is 1. The van der Waals surface area contributed by atoms with E-state index >= 15 is 0 Å². The molecule has 1 amide bonds. The molecule has 1 spiro atoms. The topological polar surface area (TPSA) is 119 Å². The van der Waals surface area contributed by atoms with Gasteiger partial charge in [-0.05, 0) is 68.7 Å². The van der Waals surface area contributed by atoms with Crippen LogP contribution in [-0.2, 0) is 11.8 Å². The second-order valence-corrected chi connectivity index (χ2v) is 10.9. The van der Waals surface area contributed by atoms with E-state index in [-0.39, 0.29) is 34.9 Å². The number of benzene rings is 1. The molecule has 3 N–H and O–H groups in total. The van der Waals surface area contributed by atoms with Crippen LogP contribution in [0.15, 0.2) is 30.6 Å². The number of phenols is 1. The first kappa shape index (κ1) is 21.2. The minimum atomic E-state index is -0.993. The molecular weight excluding hydrogens is 444 g/mol. The maximum absolute atomic E-state index is 13.2. The predicted molar refractivity (Wildman–Crippen MR) is 125 cm³/mol. The lowest BCUT2D eigenvalue weighted by atomic mass is 9.48. The number of nitrogens with zero attached hydrogens (tertiary/aromatic N) is 3. The third kappa shape index (κ3) is 2.74. The minimum Gasteiger partial charge on any atom is -0.504 e. The Morgan fingerprint density at radius 1 is 1.29 bits per heavy atom. The largest absolute Gasteiger partial charge is 0.504 e. The maximum Gasteiger partial charge on any atom is 0.253 e. The number of ether oxygens (including phenoxy) is 1. The van der Waals surface area contributed by atoms with Crippen LogP contribution in [0, 0.1) is 17.2 Å². The summed E-state index contributed by atoms with van der Waals surface area (Å²) in [4.78, 5) is 19.7. The lowest BCUT2D eigenvalue weighted by Gasteiger charge is -2.64. The average molecular weight is 473 g/mol. The summed E-state index contributed by atoms with van der Waals surface area (Å²) in [5.41, 5.74) is 0.882. The number of carbonyl (C=O) groups excluding carboxylic acids is 1. The van der Waals surface area contributed by atoms with Crippen LogP contribution in [0.4, 0.5) is 0 Å². The first-order valence-corrected chi connectivity index (χ1v) is 12.6. The third-order valence-electron chi connectivity index (χ3n) is 9.27. The number of pyridine rings is 1. The van der Waals surface area contributed by atoms with Gasteiger partial charge in [-0.2, -0.15) is 5.26 Å². The van der Waals surface area contributed by atoms with E-state index in [9.17, 15) is 20.3 Å². The molecule has 8 heteroatoms.